The number of para-hydroxylation sites is 1. The zero-order valence-electron chi connectivity index (χ0n) is 30.7. The molecule has 0 saturated carbocycles. The van der Waals surface area contributed by atoms with Gasteiger partial charge in [0.25, 0.3) is 0 Å². The fourth-order valence-corrected chi connectivity index (χ4v) is 7.88. The average Bonchev–Trinajstić information content (AvgIpc) is 3.67. The van der Waals surface area contributed by atoms with Gasteiger partial charge in [-0.05, 0) is 98.6 Å². The molecule has 10 aromatic rings. The molecule has 56 heavy (non-hydrogen) atoms. The molecule has 0 saturated heterocycles. The number of rotatable bonds is 8. The van der Waals surface area contributed by atoms with Crippen molar-refractivity contribution in [3.63, 3.8) is 0 Å². The molecule has 1 heterocycles. The van der Waals surface area contributed by atoms with Gasteiger partial charge in [0.1, 0.15) is 11.2 Å². The Bertz CT molecular complexity index is 2900. The van der Waals surface area contributed by atoms with Gasteiger partial charge in [0.05, 0.1) is 0 Å². The van der Waals surface area contributed by atoms with Crippen molar-refractivity contribution in [3.05, 3.63) is 224 Å². The van der Waals surface area contributed by atoms with Crippen LogP contribution in [0, 0.1) is 0 Å². The molecule has 2 nitrogen and oxygen atoms in total. The third kappa shape index (κ3) is 6.24. The van der Waals surface area contributed by atoms with Gasteiger partial charge < -0.3 is 9.32 Å². The second-order valence-corrected chi connectivity index (χ2v) is 14.1. The summed E-state index contributed by atoms with van der Waals surface area (Å²) in [6.45, 7) is 0. The second kappa shape index (κ2) is 14.4. The summed E-state index contributed by atoms with van der Waals surface area (Å²) in [5.74, 6) is 0. The zero-order chi connectivity index (χ0) is 37.3. The molecule has 264 valence electrons. The lowest BCUT2D eigenvalue weighted by Crippen LogP contribution is -2.09. The molecule has 0 fully saturated rings. The molecule has 0 aliphatic rings. The first kappa shape index (κ1) is 33.2. The van der Waals surface area contributed by atoms with E-state index in [1.807, 2.05) is 12.1 Å². The van der Waals surface area contributed by atoms with E-state index in [0.29, 0.717) is 0 Å². The smallest absolute Gasteiger partial charge is 0.143 e. The van der Waals surface area contributed by atoms with Crippen LogP contribution in [0.15, 0.2) is 229 Å². The molecule has 0 spiro atoms. The summed E-state index contributed by atoms with van der Waals surface area (Å²) in [7, 11) is 0. The molecule has 0 unspecified atom stereocenters. The van der Waals surface area contributed by atoms with Crippen LogP contribution in [0.4, 0.5) is 17.1 Å². The maximum Gasteiger partial charge on any atom is 0.143 e. The third-order valence-corrected chi connectivity index (χ3v) is 10.7. The highest BCUT2D eigenvalue weighted by molar-refractivity contribution is 6.12. The minimum Gasteiger partial charge on any atom is -0.455 e. The van der Waals surface area contributed by atoms with Crippen LogP contribution in [0.2, 0.25) is 0 Å². The van der Waals surface area contributed by atoms with Crippen LogP contribution in [-0.2, 0) is 0 Å². The van der Waals surface area contributed by atoms with Gasteiger partial charge in [-0.2, -0.15) is 0 Å². The van der Waals surface area contributed by atoms with Crippen LogP contribution in [0.1, 0.15) is 0 Å². The molecule has 0 aliphatic carbocycles. The SMILES string of the molecule is c1ccc(-c2ccc(-c3ccc(N(c4ccc(-c5ccccc5)cc4)c4ccc(-c5ccc6c(oc7ccccc76)c5-c5ccccc5)cc4)cc3)cc2)cc1. The number of hydrogen-bond acceptors (Lipinski definition) is 2. The fraction of sp³-hybridized carbons (Fsp3) is 0. The predicted molar refractivity (Wildman–Crippen MR) is 236 cm³/mol. The Balaban J connectivity index is 1.04. The predicted octanol–water partition coefficient (Wildman–Crippen LogP) is 15.4. The molecule has 10 rings (SSSR count). The van der Waals surface area contributed by atoms with Gasteiger partial charge in [-0.1, -0.05) is 176 Å². The van der Waals surface area contributed by atoms with E-state index >= 15 is 0 Å². The first-order valence-corrected chi connectivity index (χ1v) is 19.1. The maximum absolute atomic E-state index is 6.58. The molecule has 0 radical (unpaired) electrons. The van der Waals surface area contributed by atoms with Gasteiger partial charge in [0, 0.05) is 33.4 Å². The lowest BCUT2D eigenvalue weighted by atomic mass is 9.92. The van der Waals surface area contributed by atoms with Gasteiger partial charge in [-0.15, -0.1) is 0 Å². The number of anilines is 3. The van der Waals surface area contributed by atoms with E-state index in [0.717, 1.165) is 61.3 Å². The van der Waals surface area contributed by atoms with Gasteiger partial charge in [-0.3, -0.25) is 0 Å². The first-order chi connectivity index (χ1) is 27.8. The van der Waals surface area contributed by atoms with E-state index in [9.17, 15) is 0 Å². The van der Waals surface area contributed by atoms with E-state index in [1.165, 1.54) is 33.4 Å². The highest BCUT2D eigenvalue weighted by Crippen LogP contribution is 2.43. The molecular weight excluding hydrogens is 679 g/mol. The zero-order valence-corrected chi connectivity index (χ0v) is 30.7. The summed E-state index contributed by atoms with van der Waals surface area (Å²) in [4.78, 5) is 2.33. The number of hydrogen-bond donors (Lipinski definition) is 0. The van der Waals surface area contributed by atoms with Crippen molar-refractivity contribution in [2.24, 2.45) is 0 Å². The topological polar surface area (TPSA) is 16.4 Å². The van der Waals surface area contributed by atoms with E-state index < -0.39 is 0 Å². The summed E-state index contributed by atoms with van der Waals surface area (Å²) in [6.07, 6.45) is 0. The van der Waals surface area contributed by atoms with E-state index in [4.69, 9.17) is 4.42 Å². The van der Waals surface area contributed by atoms with Crippen molar-refractivity contribution in [2.75, 3.05) is 4.90 Å². The van der Waals surface area contributed by atoms with Crippen LogP contribution in [0.5, 0.6) is 0 Å². The van der Waals surface area contributed by atoms with Gasteiger partial charge in [0.15, 0.2) is 0 Å². The van der Waals surface area contributed by atoms with Crippen molar-refractivity contribution < 1.29 is 4.42 Å². The summed E-state index contributed by atoms with van der Waals surface area (Å²) < 4.78 is 6.58. The number of furan rings is 1. The molecular formula is C54H37NO. The molecule has 0 aliphatic heterocycles. The third-order valence-electron chi connectivity index (χ3n) is 10.7. The Hall–Kier alpha value is -7.42. The lowest BCUT2D eigenvalue weighted by molar-refractivity contribution is 0.670. The summed E-state index contributed by atoms with van der Waals surface area (Å²) >= 11 is 0. The van der Waals surface area contributed by atoms with Crippen LogP contribution in [-0.4, -0.2) is 0 Å². The second-order valence-electron chi connectivity index (χ2n) is 14.1. The van der Waals surface area contributed by atoms with Crippen molar-refractivity contribution in [3.8, 4) is 55.6 Å². The van der Waals surface area contributed by atoms with Crippen molar-refractivity contribution in [1.82, 2.24) is 0 Å². The van der Waals surface area contributed by atoms with Gasteiger partial charge in [0.2, 0.25) is 0 Å². The average molecular weight is 716 g/mol. The molecule has 0 amide bonds. The molecule has 2 heteroatoms. The Labute approximate surface area is 327 Å². The Morgan fingerprint density at radius 2 is 0.643 bits per heavy atom. The van der Waals surface area contributed by atoms with Gasteiger partial charge in [-0.25, -0.2) is 0 Å². The molecule has 0 bridgehead atoms. The molecule has 9 aromatic carbocycles. The van der Waals surface area contributed by atoms with Crippen LogP contribution < -0.4 is 4.90 Å². The summed E-state index contributed by atoms with van der Waals surface area (Å²) in [5, 5.41) is 2.26. The minimum atomic E-state index is 0.899. The number of fused-ring (bicyclic) bond motifs is 3. The number of benzene rings is 9. The fourth-order valence-electron chi connectivity index (χ4n) is 7.88. The quantitative estimate of drug-likeness (QED) is 0.156. The van der Waals surface area contributed by atoms with Crippen molar-refractivity contribution >= 4 is 39.0 Å². The highest BCUT2D eigenvalue weighted by Gasteiger charge is 2.19. The monoisotopic (exact) mass is 715 g/mol. The first-order valence-electron chi connectivity index (χ1n) is 19.1. The highest BCUT2D eigenvalue weighted by atomic mass is 16.3. The minimum absolute atomic E-state index is 0.899. The summed E-state index contributed by atoms with van der Waals surface area (Å²) in [5.41, 5.74) is 16.8. The van der Waals surface area contributed by atoms with Crippen LogP contribution >= 0.6 is 0 Å². The van der Waals surface area contributed by atoms with E-state index in [-0.39, 0.29) is 0 Å². The van der Waals surface area contributed by atoms with Gasteiger partial charge >= 0.3 is 0 Å². The lowest BCUT2D eigenvalue weighted by Gasteiger charge is -2.26. The van der Waals surface area contributed by atoms with Crippen molar-refractivity contribution in [1.29, 1.82) is 0 Å². The standard InChI is InChI=1S/C54H37NO/c1-4-12-38(13-5-1)40-20-22-41(23-21-40)43-26-32-47(33-27-43)55(46-30-24-42(25-31-46)39-14-6-2-7-15-39)48-34-28-44(29-35-48)49-36-37-51-50-18-10-11-19-52(50)56-54(51)53(49)45-16-8-3-9-17-45/h1-37H. The van der Waals surface area contributed by atoms with E-state index in [2.05, 4.69) is 217 Å². The number of nitrogens with zero attached hydrogens (tertiary/aromatic N) is 1. The Kier molecular flexibility index (Phi) is 8.55. The molecule has 0 N–H and O–H groups in total. The molecule has 0 atom stereocenters. The van der Waals surface area contributed by atoms with E-state index in [1.54, 1.807) is 0 Å². The van der Waals surface area contributed by atoms with Crippen LogP contribution in [0.3, 0.4) is 0 Å². The molecule has 1 aromatic heterocycles. The normalized spacial score (nSPS) is 11.2. The Morgan fingerprint density at radius 1 is 0.268 bits per heavy atom. The largest absolute Gasteiger partial charge is 0.455 e. The maximum atomic E-state index is 6.58. The summed E-state index contributed by atoms with van der Waals surface area (Å²) in [6, 6.07) is 79.9. The van der Waals surface area contributed by atoms with Crippen LogP contribution in [0.25, 0.3) is 77.6 Å². The van der Waals surface area contributed by atoms with Crippen molar-refractivity contribution in [2.45, 2.75) is 0 Å². The Morgan fingerprint density at radius 3 is 1.12 bits per heavy atom.